The molecule has 0 aliphatic rings. The molecule has 0 radical (unpaired) electrons. The highest BCUT2D eigenvalue weighted by Gasteiger charge is 2.25. The largest absolute Gasteiger partial charge is 0.490 e. The number of carbonyl (C=O) groups excluding carboxylic acids is 2. The fourth-order valence-corrected chi connectivity index (χ4v) is 5.37. The van der Waals surface area contributed by atoms with E-state index in [1.54, 1.807) is 43.3 Å². The molecule has 2 amide bonds. The van der Waals surface area contributed by atoms with Crippen molar-refractivity contribution in [3.63, 3.8) is 0 Å². The highest BCUT2D eigenvalue weighted by atomic mass is 79.9. The molecule has 2 N–H and O–H groups in total. The zero-order valence-corrected chi connectivity index (χ0v) is 28.8. The Morgan fingerprint density at radius 1 is 0.870 bits per heavy atom. The smallest absolute Gasteiger partial charge is 0.262 e. The average molecular weight is 748 g/mol. The predicted octanol–water partition coefficient (Wildman–Crippen LogP) is 8.03. The lowest BCUT2D eigenvalue weighted by Crippen LogP contribution is -2.50. The quantitative estimate of drug-likeness (QED) is 0.101. The van der Waals surface area contributed by atoms with Crippen LogP contribution in [0, 0.1) is 0 Å². The maximum atomic E-state index is 13.3. The second kappa shape index (κ2) is 17.2. The second-order valence-corrected chi connectivity index (χ2v) is 12.1. The van der Waals surface area contributed by atoms with Crippen LogP contribution >= 0.6 is 50.7 Å². The first-order chi connectivity index (χ1) is 22.1. The fourth-order valence-electron chi connectivity index (χ4n) is 4.21. The van der Waals surface area contributed by atoms with Gasteiger partial charge in [0.1, 0.15) is 18.4 Å². The molecule has 2 atom stereocenters. The van der Waals surface area contributed by atoms with E-state index < -0.39 is 24.0 Å². The minimum absolute atomic E-state index is 0.224. The van der Waals surface area contributed by atoms with Crippen molar-refractivity contribution < 1.29 is 23.8 Å². The molecule has 0 aliphatic carbocycles. The lowest BCUT2D eigenvalue weighted by atomic mass is 10.1. The van der Waals surface area contributed by atoms with Gasteiger partial charge in [-0.2, -0.15) is 5.10 Å². The molecule has 0 spiro atoms. The molecule has 0 heterocycles. The van der Waals surface area contributed by atoms with Gasteiger partial charge in [-0.15, -0.1) is 0 Å². The lowest BCUT2D eigenvalue weighted by Gasteiger charge is -2.21. The maximum absolute atomic E-state index is 13.3. The third-order valence-corrected chi connectivity index (χ3v) is 7.87. The van der Waals surface area contributed by atoms with Crippen molar-refractivity contribution in [2.45, 2.75) is 39.0 Å². The Kier molecular flexibility index (Phi) is 13.2. The number of carbonyl (C=O) groups is 2. The molecule has 8 nitrogen and oxygen atoms in total. The third kappa shape index (κ3) is 10.4. The third-order valence-electron chi connectivity index (χ3n) is 6.50. The highest BCUT2D eigenvalue weighted by molar-refractivity contribution is 9.10. The molecule has 0 saturated heterocycles. The summed E-state index contributed by atoms with van der Waals surface area (Å²) in [6.07, 6.45) is 0.745. The Labute approximate surface area is 291 Å². The average Bonchev–Trinajstić information content (AvgIpc) is 3.03. The van der Waals surface area contributed by atoms with Crippen LogP contribution in [0.15, 0.2) is 94.5 Å². The van der Waals surface area contributed by atoms with Gasteiger partial charge in [-0.1, -0.05) is 77.3 Å². The van der Waals surface area contributed by atoms with Crippen LogP contribution in [0.2, 0.25) is 15.1 Å². The minimum atomic E-state index is -0.956. The Bertz CT molecular complexity index is 1670. The van der Waals surface area contributed by atoms with Crippen LogP contribution in [0.4, 0.5) is 0 Å². The number of amides is 2. The van der Waals surface area contributed by atoms with Gasteiger partial charge in [0, 0.05) is 16.5 Å². The molecule has 46 heavy (non-hydrogen) atoms. The molecule has 240 valence electrons. The minimum Gasteiger partial charge on any atom is -0.490 e. The van der Waals surface area contributed by atoms with Gasteiger partial charge in [0.15, 0.2) is 17.6 Å². The molecule has 4 aromatic rings. The molecular weight excluding hydrogens is 717 g/mol. The molecule has 4 rings (SSSR count). The second-order valence-electron chi connectivity index (χ2n) is 10.00. The van der Waals surface area contributed by atoms with Crippen LogP contribution in [0.25, 0.3) is 0 Å². The van der Waals surface area contributed by atoms with E-state index in [0.717, 1.165) is 11.1 Å². The van der Waals surface area contributed by atoms with E-state index in [4.69, 9.17) is 49.0 Å². The van der Waals surface area contributed by atoms with Crippen molar-refractivity contribution in [1.29, 1.82) is 0 Å². The number of rotatable bonds is 14. The number of nitrogens with zero attached hydrogens (tertiary/aromatic N) is 1. The van der Waals surface area contributed by atoms with Gasteiger partial charge >= 0.3 is 0 Å². The first-order valence-corrected chi connectivity index (χ1v) is 16.2. The van der Waals surface area contributed by atoms with Crippen molar-refractivity contribution in [1.82, 2.24) is 10.7 Å². The molecule has 0 aliphatic heterocycles. The maximum Gasteiger partial charge on any atom is 0.262 e. The van der Waals surface area contributed by atoms with Gasteiger partial charge in [-0.3, -0.25) is 9.59 Å². The van der Waals surface area contributed by atoms with E-state index in [1.807, 2.05) is 49.4 Å². The molecule has 12 heteroatoms. The van der Waals surface area contributed by atoms with Crippen molar-refractivity contribution in [2.24, 2.45) is 5.10 Å². The van der Waals surface area contributed by atoms with E-state index >= 15 is 0 Å². The summed E-state index contributed by atoms with van der Waals surface area (Å²) in [7, 11) is 0. The number of hydrazone groups is 1. The van der Waals surface area contributed by atoms with E-state index in [9.17, 15) is 9.59 Å². The number of benzene rings is 4. The fraction of sp³-hybridized carbons (Fsp3) is 0.206. The monoisotopic (exact) mass is 745 g/mol. The first kappa shape index (κ1) is 35.1. The first-order valence-electron chi connectivity index (χ1n) is 14.3. The van der Waals surface area contributed by atoms with E-state index in [-0.39, 0.29) is 11.4 Å². The van der Waals surface area contributed by atoms with Crippen molar-refractivity contribution in [3.8, 4) is 17.2 Å². The summed E-state index contributed by atoms with van der Waals surface area (Å²) in [6, 6.07) is 24.0. The summed E-state index contributed by atoms with van der Waals surface area (Å²) < 4.78 is 18.2. The Morgan fingerprint density at radius 3 is 2.28 bits per heavy atom. The van der Waals surface area contributed by atoms with E-state index in [2.05, 4.69) is 31.8 Å². The van der Waals surface area contributed by atoms with Crippen molar-refractivity contribution >= 4 is 68.8 Å². The van der Waals surface area contributed by atoms with Crippen LogP contribution in [-0.2, 0) is 22.6 Å². The summed E-state index contributed by atoms with van der Waals surface area (Å²) in [5.41, 5.74) is 4.97. The van der Waals surface area contributed by atoms with Crippen LogP contribution in [0.5, 0.6) is 17.2 Å². The van der Waals surface area contributed by atoms with Crippen LogP contribution in [0.1, 0.15) is 30.5 Å². The zero-order chi connectivity index (χ0) is 33.1. The van der Waals surface area contributed by atoms with Crippen LogP contribution in [-0.4, -0.2) is 36.8 Å². The molecule has 0 aromatic heterocycles. The summed E-state index contributed by atoms with van der Waals surface area (Å²) in [4.78, 5) is 26.4. The van der Waals surface area contributed by atoms with Crippen molar-refractivity contribution in [3.05, 3.63) is 121 Å². The summed E-state index contributed by atoms with van der Waals surface area (Å²) >= 11 is 21.7. The number of hydrogen-bond acceptors (Lipinski definition) is 6. The van der Waals surface area contributed by atoms with Crippen LogP contribution in [0.3, 0.4) is 0 Å². The predicted molar refractivity (Wildman–Crippen MR) is 185 cm³/mol. The van der Waals surface area contributed by atoms with Gasteiger partial charge in [0.25, 0.3) is 11.8 Å². The molecule has 4 aromatic carbocycles. The molecule has 0 saturated carbocycles. The number of halogens is 4. The molecule has 0 bridgehead atoms. The Balaban J connectivity index is 1.44. The Morgan fingerprint density at radius 2 is 1.59 bits per heavy atom. The van der Waals surface area contributed by atoms with Gasteiger partial charge in [0.2, 0.25) is 0 Å². The summed E-state index contributed by atoms with van der Waals surface area (Å²) in [5, 5.41) is 8.27. The van der Waals surface area contributed by atoms with Gasteiger partial charge in [-0.05, 0) is 88.9 Å². The topological polar surface area (TPSA) is 98.2 Å². The summed E-state index contributed by atoms with van der Waals surface area (Å²) in [5.74, 6) is 0.298. The lowest BCUT2D eigenvalue weighted by molar-refractivity contribution is -0.132. The zero-order valence-electron chi connectivity index (χ0n) is 24.9. The van der Waals surface area contributed by atoms with Crippen molar-refractivity contribution in [2.75, 3.05) is 6.61 Å². The SMILES string of the molecule is CCOc1cc(/C=N\NC(=O)[C@H](Cc2ccccc2)NC(=O)[C@@H](C)Oc2ccc(Cl)cc2Cl)cc(Br)c1OCc1ccc(Cl)cc1. The van der Waals surface area contributed by atoms with Gasteiger partial charge < -0.3 is 19.5 Å². The Hall–Kier alpha value is -3.76. The van der Waals surface area contributed by atoms with Gasteiger partial charge in [-0.25, -0.2) is 5.43 Å². The molecule has 0 fully saturated rings. The van der Waals surface area contributed by atoms with Crippen LogP contribution < -0.4 is 25.0 Å². The van der Waals surface area contributed by atoms with Gasteiger partial charge in [0.05, 0.1) is 22.3 Å². The summed E-state index contributed by atoms with van der Waals surface area (Å²) in [6.45, 7) is 4.15. The number of ether oxygens (including phenoxy) is 3. The standard InChI is InChI=1S/C34H31BrCl3N3O5/c1-3-44-31-17-24(15-27(35)32(31)45-20-23-9-11-25(36)12-10-23)19-39-41-34(43)29(16-22-7-5-4-6-8-22)40-33(42)21(2)46-30-14-13-26(37)18-28(30)38/h4-15,17-19,21,29H,3,16,20H2,1-2H3,(H,40,42)(H,41,43)/b39-19-/t21-,29+/m1/s1. The number of hydrogen-bond donors (Lipinski definition) is 2. The van der Waals surface area contributed by atoms with E-state index in [0.29, 0.717) is 50.5 Å². The van der Waals surface area contributed by atoms with E-state index in [1.165, 1.54) is 12.3 Å². The molecule has 0 unspecified atom stereocenters. The molecular formula is C34H31BrCl3N3O5. The highest BCUT2D eigenvalue weighted by Crippen LogP contribution is 2.37. The number of nitrogens with one attached hydrogen (secondary N) is 2. The normalized spacial score (nSPS) is 12.3.